The number of hydrogen-bond acceptors (Lipinski definition) is 4. The van der Waals surface area contributed by atoms with Gasteiger partial charge in [0.25, 0.3) is 0 Å². The summed E-state index contributed by atoms with van der Waals surface area (Å²) in [5, 5.41) is 13.0. The Morgan fingerprint density at radius 2 is 2.04 bits per heavy atom. The molecule has 0 saturated carbocycles. The number of nitrogens with zero attached hydrogens (tertiary/aromatic N) is 2. The number of urea groups is 1. The summed E-state index contributed by atoms with van der Waals surface area (Å²) in [5.41, 5.74) is 2.91. The van der Waals surface area contributed by atoms with Crippen LogP contribution in [0.15, 0.2) is 46.9 Å². The van der Waals surface area contributed by atoms with Crippen LogP contribution in [-0.2, 0) is 0 Å². The Morgan fingerprint density at radius 3 is 2.71 bits per heavy atom. The van der Waals surface area contributed by atoms with E-state index in [0.29, 0.717) is 6.54 Å². The highest BCUT2D eigenvalue weighted by atomic mass is 79.9. The van der Waals surface area contributed by atoms with Crippen molar-refractivity contribution < 1.29 is 14.6 Å². The molecule has 148 valence electrons. The van der Waals surface area contributed by atoms with E-state index >= 15 is 0 Å². The zero-order valence-electron chi connectivity index (χ0n) is 15.9. The fraction of sp³-hybridized carbons (Fsp3) is 0.381. The molecule has 2 aromatic rings. The zero-order valence-corrected chi connectivity index (χ0v) is 17.5. The molecule has 7 heteroatoms. The molecule has 0 radical (unpaired) electrons. The molecule has 2 aliphatic heterocycles. The Labute approximate surface area is 173 Å². The number of aliphatic hydroxyl groups is 1. The average molecular weight is 446 g/mol. The first-order valence-corrected chi connectivity index (χ1v) is 10.2. The summed E-state index contributed by atoms with van der Waals surface area (Å²) in [6.07, 6.45) is 0.863. The quantitative estimate of drug-likeness (QED) is 0.752. The number of methoxy groups -OCH3 is 1. The second kappa shape index (κ2) is 7.64. The number of rotatable bonds is 3. The topological polar surface area (TPSA) is 65.0 Å². The van der Waals surface area contributed by atoms with Crippen molar-refractivity contribution in [1.29, 1.82) is 0 Å². The highest BCUT2D eigenvalue weighted by Gasteiger charge is 2.47. The lowest BCUT2D eigenvalue weighted by atomic mass is 9.82. The minimum atomic E-state index is -0.121. The molecule has 1 saturated heterocycles. The molecule has 2 heterocycles. The third kappa shape index (κ3) is 3.22. The number of halogens is 1. The number of likely N-dealkylation sites (N-methyl/N-ethyl adjacent to an activating group) is 1. The van der Waals surface area contributed by atoms with Gasteiger partial charge in [0.05, 0.1) is 25.8 Å². The number of nitrogens with one attached hydrogen (secondary N) is 1. The molecule has 2 N–H and O–H groups in total. The third-order valence-corrected chi connectivity index (χ3v) is 6.41. The number of benzene rings is 2. The molecule has 2 aliphatic rings. The maximum atomic E-state index is 13.1. The van der Waals surface area contributed by atoms with E-state index in [2.05, 4.69) is 38.3 Å². The van der Waals surface area contributed by atoms with Gasteiger partial charge in [-0.1, -0.05) is 15.9 Å². The fourth-order valence-corrected chi connectivity index (χ4v) is 4.90. The van der Waals surface area contributed by atoms with Gasteiger partial charge in [-0.2, -0.15) is 0 Å². The fourth-order valence-electron chi connectivity index (χ4n) is 4.52. The summed E-state index contributed by atoms with van der Waals surface area (Å²) in [6, 6.07) is 13.3. The van der Waals surface area contributed by atoms with Gasteiger partial charge in [0.2, 0.25) is 0 Å². The van der Waals surface area contributed by atoms with Gasteiger partial charge >= 0.3 is 6.03 Å². The van der Waals surface area contributed by atoms with E-state index in [4.69, 9.17) is 4.74 Å². The van der Waals surface area contributed by atoms with Gasteiger partial charge in [-0.3, -0.25) is 0 Å². The second-order valence-electron chi connectivity index (χ2n) is 7.31. The van der Waals surface area contributed by atoms with Crippen LogP contribution in [0.3, 0.4) is 0 Å². The number of aliphatic hydroxyl groups excluding tert-OH is 1. The molecule has 28 heavy (non-hydrogen) atoms. The zero-order chi connectivity index (χ0) is 19.8. The number of anilines is 2. The van der Waals surface area contributed by atoms with E-state index in [1.54, 1.807) is 7.11 Å². The number of hydrogen-bond donors (Lipinski definition) is 2. The SMILES string of the molecule is COc1ccc(NC(=O)N2CC[C@@H]3[C@@H](CO)N(C)c4ccc(Br)cc4[C@@H]32)cc1. The molecule has 1 fully saturated rings. The van der Waals surface area contributed by atoms with Crippen LogP contribution in [0.25, 0.3) is 0 Å². The van der Waals surface area contributed by atoms with Gasteiger partial charge in [0.15, 0.2) is 0 Å². The van der Waals surface area contributed by atoms with Gasteiger partial charge in [0, 0.05) is 35.4 Å². The van der Waals surface area contributed by atoms with Crippen molar-refractivity contribution in [3.05, 3.63) is 52.5 Å². The lowest BCUT2D eigenvalue weighted by molar-refractivity contribution is 0.168. The van der Waals surface area contributed by atoms with Crippen LogP contribution in [0.4, 0.5) is 16.2 Å². The number of carbonyl (C=O) groups excluding carboxylic acids is 1. The smallest absolute Gasteiger partial charge is 0.322 e. The maximum absolute atomic E-state index is 13.1. The van der Waals surface area contributed by atoms with Gasteiger partial charge in [-0.25, -0.2) is 4.79 Å². The molecular formula is C21H24BrN3O3. The van der Waals surface area contributed by atoms with Crippen LogP contribution in [0, 0.1) is 5.92 Å². The number of fused-ring (bicyclic) bond motifs is 3. The number of ether oxygens (including phenoxy) is 1. The molecule has 0 unspecified atom stereocenters. The Morgan fingerprint density at radius 1 is 1.29 bits per heavy atom. The maximum Gasteiger partial charge on any atom is 0.322 e. The lowest BCUT2D eigenvalue weighted by Gasteiger charge is -2.44. The standard InChI is InChI=1S/C21H24BrN3O3/c1-24-18-8-3-13(22)11-17(18)20-16(19(24)12-26)9-10-25(20)21(27)23-14-4-6-15(28-2)7-5-14/h3-8,11,16,19-20,26H,9-10,12H2,1-2H3,(H,23,27)/t16-,19-,20-/m1/s1. The van der Waals surface area contributed by atoms with Crippen LogP contribution in [-0.4, -0.2) is 49.4 Å². The van der Waals surface area contributed by atoms with E-state index in [1.165, 1.54) is 0 Å². The van der Waals surface area contributed by atoms with Gasteiger partial charge in [-0.05, 0) is 54.4 Å². The lowest BCUT2D eigenvalue weighted by Crippen LogP contribution is -2.48. The summed E-state index contributed by atoms with van der Waals surface area (Å²) in [4.78, 5) is 17.1. The molecule has 2 aromatic carbocycles. The van der Waals surface area contributed by atoms with Crippen molar-refractivity contribution in [2.75, 3.05) is 37.5 Å². The minimum absolute atomic E-state index is 0.00235. The van der Waals surface area contributed by atoms with Gasteiger partial charge in [0.1, 0.15) is 5.75 Å². The predicted octanol–water partition coefficient (Wildman–Crippen LogP) is 3.86. The molecule has 0 bridgehead atoms. The second-order valence-corrected chi connectivity index (χ2v) is 8.23. The normalized spacial score (nSPS) is 23.2. The molecule has 0 spiro atoms. The average Bonchev–Trinajstić information content (AvgIpc) is 3.14. The Hall–Kier alpha value is -2.25. The molecule has 2 amide bonds. The first kappa shape index (κ1) is 19.1. The van der Waals surface area contributed by atoms with E-state index in [9.17, 15) is 9.90 Å². The summed E-state index contributed by atoms with van der Waals surface area (Å²) in [7, 11) is 3.63. The van der Waals surface area contributed by atoms with Crippen molar-refractivity contribution in [2.24, 2.45) is 5.92 Å². The minimum Gasteiger partial charge on any atom is -0.497 e. The van der Waals surface area contributed by atoms with Crippen LogP contribution in [0.2, 0.25) is 0 Å². The van der Waals surface area contributed by atoms with Crippen LogP contribution >= 0.6 is 15.9 Å². The molecular weight excluding hydrogens is 422 g/mol. The third-order valence-electron chi connectivity index (χ3n) is 5.91. The predicted molar refractivity (Wildman–Crippen MR) is 113 cm³/mol. The van der Waals surface area contributed by atoms with Gasteiger partial charge in [-0.15, -0.1) is 0 Å². The highest BCUT2D eigenvalue weighted by Crippen LogP contribution is 2.49. The van der Waals surface area contributed by atoms with Crippen LogP contribution in [0.1, 0.15) is 18.0 Å². The highest BCUT2D eigenvalue weighted by molar-refractivity contribution is 9.10. The monoisotopic (exact) mass is 445 g/mol. The van der Waals surface area contributed by atoms with E-state index in [-0.39, 0.29) is 30.6 Å². The molecule has 3 atom stereocenters. The van der Waals surface area contributed by atoms with E-state index < -0.39 is 0 Å². The first-order valence-electron chi connectivity index (χ1n) is 9.38. The molecule has 6 nitrogen and oxygen atoms in total. The van der Waals surface area contributed by atoms with Crippen molar-refractivity contribution in [2.45, 2.75) is 18.5 Å². The largest absolute Gasteiger partial charge is 0.497 e. The first-order chi connectivity index (χ1) is 13.5. The number of likely N-dealkylation sites (tertiary alicyclic amines) is 1. The van der Waals surface area contributed by atoms with Crippen molar-refractivity contribution >= 4 is 33.3 Å². The number of carbonyl (C=O) groups is 1. The summed E-state index contributed by atoms with van der Waals surface area (Å²) in [6.45, 7) is 0.731. The van der Waals surface area contributed by atoms with Crippen molar-refractivity contribution in [1.82, 2.24) is 4.90 Å². The molecule has 0 aliphatic carbocycles. The Balaban J connectivity index is 1.64. The summed E-state index contributed by atoms with van der Waals surface area (Å²) >= 11 is 3.57. The van der Waals surface area contributed by atoms with Crippen LogP contribution < -0.4 is 15.0 Å². The van der Waals surface area contributed by atoms with Crippen molar-refractivity contribution in [3.63, 3.8) is 0 Å². The Bertz CT molecular complexity index is 874. The summed E-state index contributed by atoms with van der Waals surface area (Å²) in [5.74, 6) is 0.942. The molecule has 4 rings (SSSR count). The van der Waals surface area contributed by atoms with E-state index in [1.807, 2.05) is 42.3 Å². The Kier molecular flexibility index (Phi) is 5.21. The van der Waals surface area contributed by atoms with Crippen LogP contribution in [0.5, 0.6) is 5.75 Å². The summed E-state index contributed by atoms with van der Waals surface area (Å²) < 4.78 is 6.16. The van der Waals surface area contributed by atoms with Crippen molar-refractivity contribution in [3.8, 4) is 5.75 Å². The number of amides is 2. The molecule has 0 aromatic heterocycles. The van der Waals surface area contributed by atoms with Gasteiger partial charge < -0.3 is 25.0 Å². The van der Waals surface area contributed by atoms with E-state index in [0.717, 1.165) is 33.6 Å².